The minimum Gasteiger partial charge on any atom is -0.384 e. The third kappa shape index (κ3) is 3.49. The molecule has 3 N–H and O–H groups in total. The number of nitrogens with two attached hydrogens (primary N) is 1. The van der Waals surface area contributed by atoms with Crippen LogP contribution in [0.4, 0.5) is 11.6 Å². The molecular formula is C12H20N4OS. The first kappa shape index (κ1) is 13.4. The Morgan fingerprint density at radius 3 is 2.89 bits per heavy atom. The Bertz CT molecular complexity index is 409. The second-order valence-corrected chi connectivity index (χ2v) is 5.75. The Morgan fingerprint density at radius 1 is 1.50 bits per heavy atom. The number of rotatable bonds is 7. The van der Waals surface area contributed by atoms with Crippen LogP contribution in [-0.2, 0) is 11.3 Å². The molecule has 1 aromatic heterocycles. The van der Waals surface area contributed by atoms with Crippen LogP contribution in [0.5, 0.6) is 0 Å². The minimum absolute atomic E-state index is 0.403. The number of aromatic nitrogens is 2. The van der Waals surface area contributed by atoms with Crippen molar-refractivity contribution >= 4 is 23.4 Å². The van der Waals surface area contributed by atoms with Gasteiger partial charge in [-0.3, -0.25) is 0 Å². The lowest BCUT2D eigenvalue weighted by atomic mass is 10.4. The van der Waals surface area contributed by atoms with Crippen molar-refractivity contribution in [3.8, 4) is 0 Å². The normalized spacial score (nSPS) is 16.6. The van der Waals surface area contributed by atoms with Gasteiger partial charge in [-0.25, -0.2) is 9.97 Å². The highest BCUT2D eigenvalue weighted by Crippen LogP contribution is 2.46. The summed E-state index contributed by atoms with van der Waals surface area (Å²) >= 11 is 1.92. The molecule has 0 amide bonds. The molecule has 0 aromatic carbocycles. The van der Waals surface area contributed by atoms with Gasteiger partial charge in [-0.15, -0.1) is 0 Å². The number of nitrogens with one attached hydrogen (secondary N) is 1. The summed E-state index contributed by atoms with van der Waals surface area (Å²) in [4.78, 5) is 8.55. The molecule has 0 bridgehead atoms. The topological polar surface area (TPSA) is 73.1 Å². The van der Waals surface area contributed by atoms with Crippen molar-refractivity contribution in [1.29, 1.82) is 0 Å². The van der Waals surface area contributed by atoms with Crippen LogP contribution >= 0.6 is 11.8 Å². The fraction of sp³-hybridized carbons (Fsp3) is 0.667. The van der Waals surface area contributed by atoms with Gasteiger partial charge in [0.05, 0.1) is 0 Å². The predicted molar refractivity (Wildman–Crippen MR) is 75.7 cm³/mol. The van der Waals surface area contributed by atoms with E-state index in [2.05, 4.69) is 21.5 Å². The van der Waals surface area contributed by atoms with E-state index in [-0.39, 0.29) is 0 Å². The summed E-state index contributed by atoms with van der Waals surface area (Å²) in [6.07, 6.45) is 4.70. The molecule has 1 fully saturated rings. The van der Waals surface area contributed by atoms with Crippen molar-refractivity contribution in [2.24, 2.45) is 0 Å². The van der Waals surface area contributed by atoms with Crippen molar-refractivity contribution < 1.29 is 4.74 Å². The summed E-state index contributed by atoms with van der Waals surface area (Å²) in [6, 6.07) is 1.77. The van der Waals surface area contributed by atoms with Crippen LogP contribution in [0.3, 0.4) is 0 Å². The first-order valence-corrected chi connectivity index (χ1v) is 7.40. The van der Waals surface area contributed by atoms with E-state index in [0.29, 0.717) is 29.6 Å². The molecule has 0 radical (unpaired) electrons. The molecule has 0 aliphatic heterocycles. The Balaban J connectivity index is 1.96. The van der Waals surface area contributed by atoms with E-state index < -0.39 is 0 Å². The number of anilines is 2. The second kappa shape index (κ2) is 5.75. The maximum Gasteiger partial charge on any atom is 0.158 e. The summed E-state index contributed by atoms with van der Waals surface area (Å²) in [7, 11) is 0. The van der Waals surface area contributed by atoms with Crippen molar-refractivity contribution in [1.82, 2.24) is 9.97 Å². The van der Waals surface area contributed by atoms with Gasteiger partial charge in [-0.2, -0.15) is 11.8 Å². The van der Waals surface area contributed by atoms with Crippen LogP contribution in [0, 0.1) is 0 Å². The molecule has 2 rings (SSSR count). The summed E-state index contributed by atoms with van der Waals surface area (Å²) in [6.45, 7) is 3.93. The lowest BCUT2D eigenvalue weighted by Gasteiger charge is -2.14. The average Bonchev–Trinajstić information content (AvgIpc) is 3.14. The molecule has 100 valence electrons. The molecule has 6 heteroatoms. The van der Waals surface area contributed by atoms with Crippen molar-refractivity contribution in [2.75, 3.05) is 30.5 Å². The van der Waals surface area contributed by atoms with Crippen LogP contribution in [0.1, 0.15) is 25.6 Å². The van der Waals surface area contributed by atoms with Gasteiger partial charge < -0.3 is 15.8 Å². The summed E-state index contributed by atoms with van der Waals surface area (Å²) in [5, 5.41) is 3.35. The minimum atomic E-state index is 0.403. The quantitative estimate of drug-likeness (QED) is 0.787. The predicted octanol–water partition coefficient (Wildman–Crippen LogP) is 1.90. The summed E-state index contributed by atoms with van der Waals surface area (Å²) in [5.41, 5.74) is 5.77. The van der Waals surface area contributed by atoms with Crippen molar-refractivity contribution in [2.45, 2.75) is 31.1 Å². The number of nitrogens with zero attached hydrogens (tertiary/aromatic N) is 2. The maximum absolute atomic E-state index is 5.77. The highest BCUT2D eigenvalue weighted by molar-refractivity contribution is 8.00. The number of hydrogen-bond donors (Lipinski definition) is 2. The van der Waals surface area contributed by atoms with E-state index >= 15 is 0 Å². The van der Waals surface area contributed by atoms with Crippen LogP contribution in [-0.4, -0.2) is 34.1 Å². The number of thioether (sulfide) groups is 1. The fourth-order valence-electron chi connectivity index (χ4n) is 1.71. The lowest BCUT2D eigenvalue weighted by molar-refractivity contribution is 0.128. The van der Waals surface area contributed by atoms with E-state index in [1.165, 1.54) is 12.8 Å². The monoisotopic (exact) mass is 268 g/mol. The summed E-state index contributed by atoms with van der Waals surface area (Å²) < 4.78 is 5.70. The molecule has 0 spiro atoms. The molecule has 1 aliphatic carbocycles. The van der Waals surface area contributed by atoms with Gasteiger partial charge in [0.15, 0.2) is 5.82 Å². The molecule has 0 saturated heterocycles. The van der Waals surface area contributed by atoms with E-state index in [4.69, 9.17) is 10.5 Å². The van der Waals surface area contributed by atoms with Gasteiger partial charge in [-0.05, 0) is 26.0 Å². The van der Waals surface area contributed by atoms with Gasteiger partial charge in [0, 0.05) is 24.0 Å². The third-order valence-corrected chi connectivity index (χ3v) is 4.48. The molecule has 0 atom stereocenters. The molecule has 1 heterocycles. The standard InChI is InChI=1S/C12H20N4OS/c1-3-17-7-11-15-9(13)6-10(16-11)14-8-12(18-2)4-5-12/h6H,3-5,7-8H2,1-2H3,(H3,13,14,15,16). The largest absolute Gasteiger partial charge is 0.384 e. The SMILES string of the molecule is CCOCc1nc(N)cc(NCC2(SC)CC2)n1. The lowest BCUT2D eigenvalue weighted by Crippen LogP contribution is -2.18. The van der Waals surface area contributed by atoms with Crippen LogP contribution in [0.25, 0.3) is 0 Å². The number of hydrogen-bond acceptors (Lipinski definition) is 6. The Labute approximate surface area is 112 Å². The van der Waals surface area contributed by atoms with Gasteiger partial charge >= 0.3 is 0 Å². The average molecular weight is 268 g/mol. The second-order valence-electron chi connectivity index (χ2n) is 4.47. The summed E-state index contributed by atoms with van der Waals surface area (Å²) in [5.74, 6) is 1.90. The van der Waals surface area contributed by atoms with Crippen molar-refractivity contribution in [3.05, 3.63) is 11.9 Å². The molecule has 1 saturated carbocycles. The van der Waals surface area contributed by atoms with Gasteiger partial charge in [0.25, 0.3) is 0 Å². The van der Waals surface area contributed by atoms with Crippen LogP contribution in [0.15, 0.2) is 6.07 Å². The van der Waals surface area contributed by atoms with E-state index in [1.54, 1.807) is 6.07 Å². The van der Waals surface area contributed by atoms with Crippen LogP contribution in [0.2, 0.25) is 0 Å². The highest BCUT2D eigenvalue weighted by atomic mass is 32.2. The molecule has 0 unspecified atom stereocenters. The number of ether oxygens (including phenoxy) is 1. The smallest absolute Gasteiger partial charge is 0.158 e. The molecule has 1 aromatic rings. The first-order valence-electron chi connectivity index (χ1n) is 6.18. The Hall–Kier alpha value is -1.01. The fourth-order valence-corrected chi connectivity index (χ4v) is 2.44. The Morgan fingerprint density at radius 2 is 2.28 bits per heavy atom. The van der Waals surface area contributed by atoms with Crippen LogP contribution < -0.4 is 11.1 Å². The van der Waals surface area contributed by atoms with Gasteiger partial charge in [0.2, 0.25) is 0 Å². The molecular weight excluding hydrogens is 248 g/mol. The molecule has 5 nitrogen and oxygen atoms in total. The van der Waals surface area contributed by atoms with E-state index in [9.17, 15) is 0 Å². The zero-order chi connectivity index (χ0) is 13.0. The van der Waals surface area contributed by atoms with E-state index in [1.807, 2.05) is 18.7 Å². The zero-order valence-electron chi connectivity index (χ0n) is 10.9. The first-order chi connectivity index (χ1) is 8.67. The Kier molecular flexibility index (Phi) is 4.29. The molecule has 18 heavy (non-hydrogen) atoms. The zero-order valence-corrected chi connectivity index (χ0v) is 11.7. The maximum atomic E-state index is 5.77. The van der Waals surface area contributed by atoms with E-state index in [0.717, 1.165) is 12.4 Å². The van der Waals surface area contributed by atoms with Gasteiger partial charge in [0.1, 0.15) is 18.2 Å². The van der Waals surface area contributed by atoms with Gasteiger partial charge in [-0.1, -0.05) is 0 Å². The molecule has 1 aliphatic rings. The number of nitrogen functional groups attached to an aromatic ring is 1. The van der Waals surface area contributed by atoms with Crippen molar-refractivity contribution in [3.63, 3.8) is 0 Å². The third-order valence-electron chi connectivity index (χ3n) is 3.06. The highest BCUT2D eigenvalue weighted by Gasteiger charge is 2.41.